The molecule has 6 N–H and O–H groups in total. The van der Waals surface area contributed by atoms with Crippen molar-refractivity contribution in [2.45, 2.75) is 30.1 Å². The van der Waals surface area contributed by atoms with Gasteiger partial charge in [-0.1, -0.05) is 0 Å². The van der Waals surface area contributed by atoms with Gasteiger partial charge in [-0.05, 0) is 0 Å². The lowest BCUT2D eigenvalue weighted by molar-refractivity contribution is -0.156. The Morgan fingerprint density at radius 2 is 2.24 bits per heavy atom. The maximum Gasteiger partial charge on any atom is 0.331 e. The van der Waals surface area contributed by atoms with E-state index < -0.39 is 60.5 Å². The van der Waals surface area contributed by atoms with Crippen molar-refractivity contribution in [3.05, 3.63) is 33.1 Å². The molecule has 12 heteroatoms. The smallest absolute Gasteiger partial charge is 0.331 e. The number of nitrogens with two attached hydrogens (primary N) is 1. The van der Waals surface area contributed by atoms with Crippen LogP contribution in [0.25, 0.3) is 0 Å². The molecule has 0 saturated carbocycles. The molecule has 1 aromatic heterocycles. The zero-order valence-electron chi connectivity index (χ0n) is 12.7. The predicted molar refractivity (Wildman–Crippen MR) is 77.8 cm³/mol. The van der Waals surface area contributed by atoms with Crippen LogP contribution in [0.15, 0.2) is 21.9 Å². The number of ether oxygens (including phenoxy) is 2. The third-order valence-corrected chi connectivity index (χ3v) is 3.67. The Morgan fingerprint density at radius 3 is 2.80 bits per heavy atom. The summed E-state index contributed by atoms with van der Waals surface area (Å²) >= 11 is 0. The van der Waals surface area contributed by atoms with Crippen LogP contribution in [0.5, 0.6) is 0 Å². The summed E-state index contributed by atoms with van der Waals surface area (Å²) in [7, 11) is 0. The fourth-order valence-corrected chi connectivity index (χ4v) is 2.31. The van der Waals surface area contributed by atoms with E-state index in [0.29, 0.717) is 4.57 Å². The summed E-state index contributed by atoms with van der Waals surface area (Å²) in [5.74, 6) is -0.983. The van der Waals surface area contributed by atoms with E-state index in [1.165, 1.54) is 0 Å². The average Bonchev–Trinajstić information content (AvgIpc) is 2.84. The van der Waals surface area contributed by atoms with E-state index in [1.807, 2.05) is 4.98 Å². The predicted octanol–water partition coefficient (Wildman–Crippen LogP) is -4.30. The second-order valence-corrected chi connectivity index (χ2v) is 5.30. The molecule has 12 nitrogen and oxygen atoms in total. The SMILES string of the molecule is N#C[C@@]1(n2ccc(=O)[nH]c2=O)O[C@H](COC(=O)[C@@H](N)CO)C(O)C1O. The van der Waals surface area contributed by atoms with Crippen molar-refractivity contribution in [3.63, 3.8) is 0 Å². The van der Waals surface area contributed by atoms with Gasteiger partial charge in [-0.2, -0.15) is 5.26 Å². The topological polar surface area (TPSA) is 201 Å². The largest absolute Gasteiger partial charge is 0.462 e. The molecule has 0 aliphatic carbocycles. The zero-order valence-corrected chi connectivity index (χ0v) is 12.7. The summed E-state index contributed by atoms with van der Waals surface area (Å²) in [4.78, 5) is 36.4. The summed E-state index contributed by atoms with van der Waals surface area (Å²) in [6.07, 6.45) is -3.99. The Kier molecular flexibility index (Phi) is 5.36. The third-order valence-electron chi connectivity index (χ3n) is 3.67. The molecule has 1 aliphatic rings. The first kappa shape index (κ1) is 18.8. The van der Waals surface area contributed by atoms with Gasteiger partial charge in [0.25, 0.3) is 11.3 Å². The van der Waals surface area contributed by atoms with Gasteiger partial charge in [-0.3, -0.25) is 19.1 Å². The minimum absolute atomic E-state index is 0.591. The molecule has 5 atom stereocenters. The molecule has 1 saturated heterocycles. The quantitative estimate of drug-likeness (QED) is 0.321. The lowest BCUT2D eigenvalue weighted by atomic mass is 10.0. The van der Waals surface area contributed by atoms with E-state index in [-0.39, 0.29) is 0 Å². The lowest BCUT2D eigenvalue weighted by Crippen LogP contribution is -2.50. The first-order chi connectivity index (χ1) is 11.8. The van der Waals surface area contributed by atoms with Crippen LogP contribution in [0.1, 0.15) is 0 Å². The molecular weight excluding hydrogens is 340 g/mol. The molecule has 0 spiro atoms. The van der Waals surface area contributed by atoms with Crippen LogP contribution >= 0.6 is 0 Å². The van der Waals surface area contributed by atoms with Gasteiger partial charge in [-0.15, -0.1) is 0 Å². The van der Waals surface area contributed by atoms with Crippen molar-refractivity contribution in [1.29, 1.82) is 5.26 Å². The number of hydrogen-bond donors (Lipinski definition) is 5. The van der Waals surface area contributed by atoms with Crippen molar-refractivity contribution in [3.8, 4) is 6.07 Å². The van der Waals surface area contributed by atoms with Gasteiger partial charge in [0.15, 0.2) is 0 Å². The zero-order chi connectivity index (χ0) is 18.8. The summed E-state index contributed by atoms with van der Waals surface area (Å²) in [5, 5.41) is 38.4. The van der Waals surface area contributed by atoms with Crippen LogP contribution < -0.4 is 17.0 Å². The molecule has 1 fully saturated rings. The molecular formula is C13H16N4O8. The molecule has 1 aliphatic heterocycles. The van der Waals surface area contributed by atoms with Crippen LogP contribution in [0.2, 0.25) is 0 Å². The van der Waals surface area contributed by atoms with Gasteiger partial charge in [0, 0.05) is 12.3 Å². The van der Waals surface area contributed by atoms with Crippen molar-refractivity contribution in [2.24, 2.45) is 5.73 Å². The minimum Gasteiger partial charge on any atom is -0.462 e. The highest BCUT2D eigenvalue weighted by molar-refractivity contribution is 5.75. The number of carbonyl (C=O) groups excluding carboxylic acids is 1. The van der Waals surface area contributed by atoms with Crippen LogP contribution in [0.3, 0.4) is 0 Å². The third kappa shape index (κ3) is 3.31. The number of aliphatic hydroxyl groups is 3. The fourth-order valence-electron chi connectivity index (χ4n) is 2.31. The second-order valence-electron chi connectivity index (χ2n) is 5.30. The number of aliphatic hydroxyl groups excluding tert-OH is 3. The maximum absolute atomic E-state index is 11.9. The number of nitriles is 1. The molecule has 0 amide bonds. The number of H-pyrrole nitrogens is 1. The molecule has 0 radical (unpaired) electrons. The summed E-state index contributed by atoms with van der Waals surface area (Å²) in [5.41, 5.74) is 1.15. The molecule has 2 heterocycles. The maximum atomic E-state index is 11.9. The lowest BCUT2D eigenvalue weighted by Gasteiger charge is -2.26. The number of nitrogens with one attached hydrogen (secondary N) is 1. The van der Waals surface area contributed by atoms with Gasteiger partial charge < -0.3 is 30.5 Å². The highest BCUT2D eigenvalue weighted by Gasteiger charge is 2.57. The minimum atomic E-state index is -2.34. The molecule has 2 unspecified atom stereocenters. The molecule has 25 heavy (non-hydrogen) atoms. The van der Waals surface area contributed by atoms with Crippen LogP contribution in [0, 0.1) is 11.3 Å². The number of carbonyl (C=O) groups is 1. The molecule has 0 aromatic carbocycles. The Morgan fingerprint density at radius 1 is 1.56 bits per heavy atom. The highest BCUT2D eigenvalue weighted by Crippen LogP contribution is 2.34. The number of hydrogen-bond acceptors (Lipinski definition) is 10. The van der Waals surface area contributed by atoms with Crippen LogP contribution in [-0.4, -0.2) is 68.4 Å². The second kappa shape index (κ2) is 7.13. The summed E-state index contributed by atoms with van der Waals surface area (Å²) < 4.78 is 10.7. The van der Waals surface area contributed by atoms with Gasteiger partial charge in [0.1, 0.15) is 37.0 Å². The average molecular weight is 356 g/mol. The first-order valence-corrected chi connectivity index (χ1v) is 7.07. The van der Waals surface area contributed by atoms with Crippen molar-refractivity contribution < 1.29 is 29.6 Å². The number of nitrogens with zero attached hydrogens (tertiary/aromatic N) is 2. The number of aromatic nitrogens is 2. The Labute approximate surface area is 139 Å². The number of esters is 1. The van der Waals surface area contributed by atoms with E-state index in [0.717, 1.165) is 12.3 Å². The Balaban J connectivity index is 2.27. The van der Waals surface area contributed by atoms with Crippen molar-refractivity contribution in [2.75, 3.05) is 13.2 Å². The van der Waals surface area contributed by atoms with E-state index >= 15 is 0 Å². The summed E-state index contributed by atoms with van der Waals surface area (Å²) in [6.45, 7) is -1.25. The standard InChI is InChI=1S/C13H16N4O8/c14-5-13(17-2-1-8(19)16-12(17)23)10(21)9(20)7(25-13)4-24-11(22)6(15)3-18/h1-2,6-7,9-10,18,20-21H,3-4,15H2,(H,16,19,23)/t6-,7+,9?,10?,13+/m0/s1. The number of rotatable bonds is 5. The summed E-state index contributed by atoms with van der Waals surface area (Å²) in [6, 6.07) is 1.22. The van der Waals surface area contributed by atoms with Gasteiger partial charge in [0.05, 0.1) is 6.61 Å². The molecule has 1 aromatic rings. The number of aromatic amines is 1. The van der Waals surface area contributed by atoms with Crippen molar-refractivity contribution in [1.82, 2.24) is 9.55 Å². The normalized spacial score (nSPS) is 29.8. The Hall–Kier alpha value is -2.56. The van der Waals surface area contributed by atoms with E-state index in [9.17, 15) is 29.9 Å². The molecule has 2 rings (SSSR count). The van der Waals surface area contributed by atoms with E-state index in [2.05, 4.69) is 0 Å². The molecule has 0 bridgehead atoms. The van der Waals surface area contributed by atoms with Gasteiger partial charge in [0.2, 0.25) is 0 Å². The highest BCUT2D eigenvalue weighted by atomic mass is 16.6. The molecule has 136 valence electrons. The van der Waals surface area contributed by atoms with Gasteiger partial charge >= 0.3 is 11.7 Å². The van der Waals surface area contributed by atoms with Crippen LogP contribution in [0.4, 0.5) is 0 Å². The first-order valence-electron chi connectivity index (χ1n) is 7.07. The fraction of sp³-hybridized carbons (Fsp3) is 0.538. The van der Waals surface area contributed by atoms with Gasteiger partial charge in [-0.25, -0.2) is 4.79 Å². The Bertz CT molecular complexity index is 798. The van der Waals surface area contributed by atoms with E-state index in [1.54, 1.807) is 6.07 Å². The van der Waals surface area contributed by atoms with Crippen LogP contribution in [-0.2, 0) is 20.0 Å². The van der Waals surface area contributed by atoms with Crippen molar-refractivity contribution >= 4 is 5.97 Å². The monoisotopic (exact) mass is 356 g/mol. The van der Waals surface area contributed by atoms with E-state index in [4.69, 9.17) is 20.3 Å².